The largest absolute Gasteiger partial charge is 0.474 e. The normalized spacial score (nSPS) is 22.7. The Labute approximate surface area is 175 Å². The van der Waals surface area contributed by atoms with Gasteiger partial charge in [-0.25, -0.2) is 9.37 Å². The summed E-state index contributed by atoms with van der Waals surface area (Å²) in [6.45, 7) is 0. The molecule has 2 atom stereocenters. The molecule has 0 spiro atoms. The summed E-state index contributed by atoms with van der Waals surface area (Å²) >= 11 is 0. The van der Waals surface area contributed by atoms with Crippen LogP contribution in [0, 0.1) is 5.82 Å². The van der Waals surface area contributed by atoms with Gasteiger partial charge in [0, 0.05) is 42.8 Å². The molecule has 4 nitrogen and oxygen atoms in total. The van der Waals surface area contributed by atoms with Crippen LogP contribution in [0.4, 0.5) is 4.39 Å². The number of pyridine rings is 1. The van der Waals surface area contributed by atoms with Crippen molar-refractivity contribution >= 4 is 5.91 Å². The number of piperidine rings is 1. The molecule has 2 aromatic carbocycles. The van der Waals surface area contributed by atoms with E-state index in [9.17, 15) is 9.18 Å². The van der Waals surface area contributed by atoms with Crippen molar-refractivity contribution in [2.24, 2.45) is 0 Å². The van der Waals surface area contributed by atoms with Gasteiger partial charge >= 0.3 is 0 Å². The molecule has 2 aliphatic heterocycles. The predicted octanol–water partition coefficient (Wildman–Crippen LogP) is 5.10. The van der Waals surface area contributed by atoms with Gasteiger partial charge in [0.2, 0.25) is 5.88 Å². The van der Waals surface area contributed by atoms with E-state index in [2.05, 4.69) is 9.88 Å². The number of rotatable bonds is 4. The number of aromatic nitrogens is 1. The fourth-order valence-electron chi connectivity index (χ4n) is 4.74. The number of benzene rings is 2. The smallest absolute Gasteiger partial charge is 0.254 e. The first-order chi connectivity index (χ1) is 14.7. The lowest BCUT2D eigenvalue weighted by atomic mass is 9.97. The van der Waals surface area contributed by atoms with Crippen LogP contribution in [0.2, 0.25) is 0 Å². The van der Waals surface area contributed by atoms with Crippen LogP contribution in [0.15, 0.2) is 72.9 Å². The average molecular weight is 402 g/mol. The molecule has 2 unspecified atom stereocenters. The molecule has 0 N–H and O–H groups in total. The molecular weight excluding hydrogens is 379 g/mol. The Bertz CT molecular complexity index is 1010. The maximum atomic E-state index is 13.2. The van der Waals surface area contributed by atoms with E-state index in [-0.39, 0.29) is 29.9 Å². The quantitative estimate of drug-likeness (QED) is 0.610. The molecule has 0 radical (unpaired) electrons. The fourth-order valence-corrected chi connectivity index (χ4v) is 4.74. The number of nitrogens with zero attached hydrogens (tertiary/aromatic N) is 2. The summed E-state index contributed by atoms with van der Waals surface area (Å²) in [4.78, 5) is 19.6. The lowest BCUT2D eigenvalue weighted by Crippen LogP contribution is -2.49. The summed E-state index contributed by atoms with van der Waals surface area (Å²) in [7, 11) is 0. The second-order valence-electron chi connectivity index (χ2n) is 8.06. The van der Waals surface area contributed by atoms with Gasteiger partial charge in [-0.3, -0.25) is 4.79 Å². The Hall–Kier alpha value is -3.21. The van der Waals surface area contributed by atoms with Crippen LogP contribution >= 0.6 is 0 Å². The van der Waals surface area contributed by atoms with Gasteiger partial charge in [0.25, 0.3) is 5.91 Å². The van der Waals surface area contributed by atoms with Gasteiger partial charge in [-0.1, -0.05) is 30.3 Å². The van der Waals surface area contributed by atoms with Crippen molar-refractivity contribution in [3.63, 3.8) is 0 Å². The minimum atomic E-state index is -0.253. The molecule has 5 heteroatoms. The van der Waals surface area contributed by atoms with Gasteiger partial charge in [0.15, 0.2) is 0 Å². The van der Waals surface area contributed by atoms with Crippen LogP contribution in [-0.2, 0) is 0 Å². The standard InChI is InChI=1S/C25H23FN2O2/c26-20-10-8-18(9-11-20)17-4-6-19(7-5-17)25(29)28-21-12-13-22(28)16-23(15-21)30-24-3-1-2-14-27-24/h1-11,14,21-23H,12-13,15-16H2. The highest BCUT2D eigenvalue weighted by molar-refractivity contribution is 5.95. The molecule has 2 aliphatic rings. The molecule has 2 bridgehead atoms. The second kappa shape index (κ2) is 7.90. The van der Waals surface area contributed by atoms with E-state index in [1.165, 1.54) is 12.1 Å². The van der Waals surface area contributed by atoms with Gasteiger partial charge in [0.05, 0.1) is 0 Å². The maximum absolute atomic E-state index is 13.2. The first-order valence-corrected chi connectivity index (χ1v) is 10.4. The zero-order valence-corrected chi connectivity index (χ0v) is 16.6. The van der Waals surface area contributed by atoms with E-state index in [1.54, 1.807) is 18.3 Å². The lowest BCUT2D eigenvalue weighted by Gasteiger charge is -2.38. The van der Waals surface area contributed by atoms with Gasteiger partial charge in [-0.05, 0) is 54.3 Å². The highest BCUT2D eigenvalue weighted by atomic mass is 19.1. The van der Waals surface area contributed by atoms with E-state index < -0.39 is 0 Å². The molecule has 1 aromatic heterocycles. The van der Waals surface area contributed by atoms with E-state index in [0.29, 0.717) is 11.4 Å². The van der Waals surface area contributed by atoms with Crippen LogP contribution in [-0.4, -0.2) is 34.0 Å². The summed E-state index contributed by atoms with van der Waals surface area (Å²) in [5.41, 5.74) is 2.60. The van der Waals surface area contributed by atoms with E-state index >= 15 is 0 Å². The van der Waals surface area contributed by atoms with Gasteiger partial charge in [-0.15, -0.1) is 0 Å². The number of amides is 1. The monoisotopic (exact) mass is 402 g/mol. The summed E-state index contributed by atoms with van der Waals surface area (Å²) in [5.74, 6) is 0.485. The molecular formula is C25H23FN2O2. The highest BCUT2D eigenvalue weighted by Gasteiger charge is 2.44. The number of ether oxygens (including phenoxy) is 1. The lowest BCUT2D eigenvalue weighted by molar-refractivity contribution is 0.0348. The van der Waals surface area contributed by atoms with Gasteiger partial charge in [0.1, 0.15) is 11.9 Å². The molecule has 0 saturated carbocycles. The fraction of sp³-hybridized carbons (Fsp3) is 0.280. The van der Waals surface area contributed by atoms with Crippen molar-refractivity contribution in [1.29, 1.82) is 0 Å². The minimum Gasteiger partial charge on any atom is -0.474 e. The van der Waals surface area contributed by atoms with Crippen molar-refractivity contribution < 1.29 is 13.9 Å². The Balaban J connectivity index is 1.28. The van der Waals surface area contributed by atoms with E-state index in [1.807, 2.05) is 42.5 Å². The molecule has 30 heavy (non-hydrogen) atoms. The highest BCUT2D eigenvalue weighted by Crippen LogP contribution is 2.38. The van der Waals surface area contributed by atoms with Crippen molar-refractivity contribution in [1.82, 2.24) is 9.88 Å². The zero-order valence-electron chi connectivity index (χ0n) is 16.6. The Morgan fingerprint density at radius 2 is 1.53 bits per heavy atom. The van der Waals surface area contributed by atoms with Gasteiger partial charge < -0.3 is 9.64 Å². The number of carbonyl (C=O) groups excluding carboxylic acids is 1. The first kappa shape index (κ1) is 18.8. The Kier molecular flexibility index (Phi) is 4.95. The molecule has 152 valence electrons. The molecule has 2 saturated heterocycles. The molecule has 5 rings (SSSR count). The Morgan fingerprint density at radius 3 is 2.13 bits per heavy atom. The molecule has 1 amide bonds. The molecule has 2 fully saturated rings. The summed E-state index contributed by atoms with van der Waals surface area (Å²) in [6.07, 6.45) is 5.55. The third-order valence-electron chi connectivity index (χ3n) is 6.16. The molecule has 3 aromatic rings. The van der Waals surface area contributed by atoms with Crippen LogP contribution < -0.4 is 4.74 Å². The zero-order chi connectivity index (χ0) is 20.5. The third kappa shape index (κ3) is 3.67. The van der Waals surface area contributed by atoms with Gasteiger partial charge in [-0.2, -0.15) is 0 Å². The summed E-state index contributed by atoms with van der Waals surface area (Å²) in [5, 5.41) is 0. The van der Waals surface area contributed by atoms with Crippen molar-refractivity contribution in [3.8, 4) is 17.0 Å². The second-order valence-corrected chi connectivity index (χ2v) is 8.06. The van der Waals surface area contributed by atoms with Crippen LogP contribution in [0.3, 0.4) is 0 Å². The minimum absolute atomic E-state index is 0.0874. The number of hydrogen-bond donors (Lipinski definition) is 0. The Morgan fingerprint density at radius 1 is 0.900 bits per heavy atom. The van der Waals surface area contributed by atoms with Crippen LogP contribution in [0.1, 0.15) is 36.0 Å². The van der Waals surface area contributed by atoms with Crippen molar-refractivity contribution in [2.75, 3.05) is 0 Å². The first-order valence-electron chi connectivity index (χ1n) is 10.4. The molecule has 0 aliphatic carbocycles. The summed E-state index contributed by atoms with van der Waals surface area (Å²) in [6, 6.07) is 20.1. The van der Waals surface area contributed by atoms with Crippen molar-refractivity contribution in [3.05, 3.63) is 84.3 Å². The molecule has 3 heterocycles. The predicted molar refractivity (Wildman–Crippen MR) is 113 cm³/mol. The number of hydrogen-bond acceptors (Lipinski definition) is 3. The SMILES string of the molecule is O=C(c1ccc(-c2ccc(F)cc2)cc1)N1C2CCC1CC(Oc1ccccn1)C2. The van der Waals surface area contributed by atoms with E-state index in [4.69, 9.17) is 4.74 Å². The van der Waals surface area contributed by atoms with Crippen LogP contribution in [0.5, 0.6) is 5.88 Å². The summed E-state index contributed by atoms with van der Waals surface area (Å²) < 4.78 is 19.2. The van der Waals surface area contributed by atoms with Crippen LogP contribution in [0.25, 0.3) is 11.1 Å². The number of halogens is 1. The topological polar surface area (TPSA) is 42.4 Å². The van der Waals surface area contributed by atoms with Crippen molar-refractivity contribution in [2.45, 2.75) is 43.9 Å². The average Bonchev–Trinajstić information content (AvgIpc) is 3.05. The number of carbonyl (C=O) groups is 1. The maximum Gasteiger partial charge on any atom is 0.254 e. The third-order valence-corrected chi connectivity index (χ3v) is 6.16. The number of fused-ring (bicyclic) bond motifs is 2. The van der Waals surface area contributed by atoms with E-state index in [0.717, 1.165) is 36.8 Å².